The Balaban J connectivity index is 1.70. The fourth-order valence-corrected chi connectivity index (χ4v) is 2.94. The number of benzene rings is 1. The summed E-state index contributed by atoms with van der Waals surface area (Å²) in [7, 11) is 0. The summed E-state index contributed by atoms with van der Waals surface area (Å²) in [5.41, 5.74) is 1.17. The maximum Gasteiger partial charge on any atom is 0.138 e. The standard InChI is InChI=1S/C16H24ClNO/c1-12-4-3-5-14(10-12)18-8-9-19-16-11-13(2)6-7-15(16)17/h6-7,11-12,14,18H,3-5,8-10H2,1-2H3. The fourth-order valence-electron chi connectivity index (χ4n) is 2.76. The molecule has 19 heavy (non-hydrogen) atoms. The zero-order valence-corrected chi connectivity index (χ0v) is 12.7. The van der Waals surface area contributed by atoms with Crippen LogP contribution in [0.5, 0.6) is 5.75 Å². The molecule has 2 nitrogen and oxygen atoms in total. The first-order chi connectivity index (χ1) is 9.15. The third-order valence-electron chi connectivity index (χ3n) is 3.82. The third-order valence-corrected chi connectivity index (χ3v) is 4.13. The smallest absolute Gasteiger partial charge is 0.138 e. The first kappa shape index (κ1) is 14.7. The molecule has 1 aromatic rings. The van der Waals surface area contributed by atoms with Gasteiger partial charge in [-0.25, -0.2) is 0 Å². The summed E-state index contributed by atoms with van der Waals surface area (Å²) in [5, 5.41) is 4.28. The van der Waals surface area contributed by atoms with Crippen LogP contribution in [0.2, 0.25) is 5.02 Å². The summed E-state index contributed by atoms with van der Waals surface area (Å²) in [4.78, 5) is 0. The van der Waals surface area contributed by atoms with Crippen LogP contribution >= 0.6 is 11.6 Å². The van der Waals surface area contributed by atoms with Gasteiger partial charge in [0.15, 0.2) is 0 Å². The lowest BCUT2D eigenvalue weighted by molar-refractivity contribution is 0.266. The van der Waals surface area contributed by atoms with Crippen molar-refractivity contribution < 1.29 is 4.74 Å². The van der Waals surface area contributed by atoms with Crippen LogP contribution in [0, 0.1) is 12.8 Å². The van der Waals surface area contributed by atoms with Crippen LogP contribution in [0.4, 0.5) is 0 Å². The Morgan fingerprint density at radius 1 is 1.37 bits per heavy atom. The van der Waals surface area contributed by atoms with Gasteiger partial charge >= 0.3 is 0 Å². The number of rotatable bonds is 5. The van der Waals surface area contributed by atoms with E-state index in [0.29, 0.717) is 17.7 Å². The topological polar surface area (TPSA) is 21.3 Å². The molecule has 2 atom stereocenters. The minimum atomic E-state index is 0.667. The van der Waals surface area contributed by atoms with Gasteiger partial charge in [0.05, 0.1) is 5.02 Å². The van der Waals surface area contributed by atoms with Crippen molar-refractivity contribution in [2.45, 2.75) is 45.6 Å². The van der Waals surface area contributed by atoms with Crippen molar-refractivity contribution in [3.05, 3.63) is 28.8 Å². The monoisotopic (exact) mass is 281 g/mol. The van der Waals surface area contributed by atoms with Crippen molar-refractivity contribution in [1.29, 1.82) is 0 Å². The third kappa shape index (κ3) is 4.70. The first-order valence-electron chi connectivity index (χ1n) is 7.27. The molecule has 0 saturated heterocycles. The Morgan fingerprint density at radius 2 is 2.21 bits per heavy atom. The Morgan fingerprint density at radius 3 is 3.00 bits per heavy atom. The normalized spacial score (nSPS) is 23.3. The van der Waals surface area contributed by atoms with Gasteiger partial charge in [0.2, 0.25) is 0 Å². The molecule has 1 aliphatic carbocycles. The Hall–Kier alpha value is -0.730. The number of ether oxygens (including phenoxy) is 1. The summed E-state index contributed by atoms with van der Waals surface area (Å²) >= 11 is 6.10. The van der Waals surface area contributed by atoms with Crippen molar-refractivity contribution >= 4 is 11.6 Å². The second kappa shape index (κ2) is 7.16. The molecule has 0 heterocycles. The van der Waals surface area contributed by atoms with E-state index in [1.54, 1.807) is 0 Å². The maximum absolute atomic E-state index is 6.10. The average Bonchev–Trinajstić information content (AvgIpc) is 2.39. The van der Waals surface area contributed by atoms with E-state index in [-0.39, 0.29) is 0 Å². The predicted octanol–water partition coefficient (Wildman–Crippen LogP) is 4.20. The van der Waals surface area contributed by atoms with Crippen LogP contribution in [0.3, 0.4) is 0 Å². The Bertz CT molecular complexity index is 408. The number of hydrogen-bond acceptors (Lipinski definition) is 2. The van der Waals surface area contributed by atoms with E-state index in [1.165, 1.54) is 31.2 Å². The van der Waals surface area contributed by atoms with Gasteiger partial charge in [-0.3, -0.25) is 0 Å². The van der Waals surface area contributed by atoms with Crippen molar-refractivity contribution in [2.24, 2.45) is 5.92 Å². The number of halogens is 1. The molecule has 0 aliphatic heterocycles. The summed E-state index contributed by atoms with van der Waals surface area (Å²) in [6.07, 6.45) is 5.33. The largest absolute Gasteiger partial charge is 0.491 e. The lowest BCUT2D eigenvalue weighted by Crippen LogP contribution is -2.36. The molecule has 0 bridgehead atoms. The molecule has 2 rings (SSSR count). The van der Waals surface area contributed by atoms with Crippen LogP contribution in [0.15, 0.2) is 18.2 Å². The number of aryl methyl sites for hydroxylation is 1. The van der Waals surface area contributed by atoms with Gasteiger partial charge in [0.1, 0.15) is 12.4 Å². The van der Waals surface area contributed by atoms with Gasteiger partial charge in [-0.1, -0.05) is 37.4 Å². The first-order valence-corrected chi connectivity index (χ1v) is 7.65. The molecular weight excluding hydrogens is 258 g/mol. The summed E-state index contributed by atoms with van der Waals surface area (Å²) < 4.78 is 5.74. The Labute approximate surface area is 121 Å². The molecule has 0 amide bonds. The maximum atomic E-state index is 6.10. The van der Waals surface area contributed by atoms with Gasteiger partial charge in [-0.2, -0.15) is 0 Å². The van der Waals surface area contributed by atoms with Gasteiger partial charge in [-0.05, 0) is 43.4 Å². The highest BCUT2D eigenvalue weighted by Crippen LogP contribution is 2.25. The highest BCUT2D eigenvalue weighted by Gasteiger charge is 2.17. The molecule has 106 valence electrons. The van der Waals surface area contributed by atoms with E-state index in [9.17, 15) is 0 Å². The Kier molecular flexibility index (Phi) is 5.53. The molecule has 1 N–H and O–H groups in total. The quantitative estimate of drug-likeness (QED) is 0.817. The van der Waals surface area contributed by atoms with E-state index in [0.717, 1.165) is 18.2 Å². The molecule has 1 aliphatic rings. The van der Waals surface area contributed by atoms with Crippen molar-refractivity contribution in [3.8, 4) is 5.75 Å². The van der Waals surface area contributed by atoms with E-state index < -0.39 is 0 Å². The summed E-state index contributed by atoms with van der Waals surface area (Å²) in [6, 6.07) is 6.55. The lowest BCUT2D eigenvalue weighted by atomic mass is 9.87. The zero-order valence-electron chi connectivity index (χ0n) is 11.9. The summed E-state index contributed by atoms with van der Waals surface area (Å²) in [6.45, 7) is 5.96. The van der Waals surface area contributed by atoms with Gasteiger partial charge in [0.25, 0.3) is 0 Å². The van der Waals surface area contributed by atoms with Gasteiger partial charge in [-0.15, -0.1) is 0 Å². The second-order valence-corrected chi connectivity index (χ2v) is 6.11. The zero-order chi connectivity index (χ0) is 13.7. The molecule has 0 aromatic heterocycles. The molecule has 1 saturated carbocycles. The molecule has 0 radical (unpaired) electrons. The van der Waals surface area contributed by atoms with E-state index >= 15 is 0 Å². The van der Waals surface area contributed by atoms with Crippen LogP contribution in [-0.4, -0.2) is 19.2 Å². The SMILES string of the molecule is Cc1ccc(Cl)c(OCCNC2CCCC(C)C2)c1. The van der Waals surface area contributed by atoms with Crippen molar-refractivity contribution in [2.75, 3.05) is 13.2 Å². The molecule has 1 aromatic carbocycles. The average molecular weight is 282 g/mol. The highest BCUT2D eigenvalue weighted by atomic mass is 35.5. The summed E-state index contributed by atoms with van der Waals surface area (Å²) in [5.74, 6) is 1.65. The minimum Gasteiger partial charge on any atom is -0.491 e. The molecule has 2 unspecified atom stereocenters. The van der Waals surface area contributed by atoms with E-state index in [4.69, 9.17) is 16.3 Å². The van der Waals surface area contributed by atoms with Crippen molar-refractivity contribution in [1.82, 2.24) is 5.32 Å². The highest BCUT2D eigenvalue weighted by molar-refractivity contribution is 6.32. The van der Waals surface area contributed by atoms with Crippen LogP contribution < -0.4 is 10.1 Å². The number of nitrogens with one attached hydrogen (secondary N) is 1. The van der Waals surface area contributed by atoms with Gasteiger partial charge in [0, 0.05) is 12.6 Å². The predicted molar refractivity (Wildman–Crippen MR) is 81.1 cm³/mol. The molecule has 1 fully saturated rings. The lowest BCUT2D eigenvalue weighted by Gasteiger charge is -2.27. The minimum absolute atomic E-state index is 0.667. The van der Waals surface area contributed by atoms with E-state index in [1.807, 2.05) is 25.1 Å². The van der Waals surface area contributed by atoms with Crippen LogP contribution in [-0.2, 0) is 0 Å². The molecule has 0 spiro atoms. The van der Waals surface area contributed by atoms with Crippen LogP contribution in [0.1, 0.15) is 38.2 Å². The van der Waals surface area contributed by atoms with Crippen LogP contribution in [0.25, 0.3) is 0 Å². The molecule has 3 heteroatoms. The van der Waals surface area contributed by atoms with E-state index in [2.05, 4.69) is 12.2 Å². The number of hydrogen-bond donors (Lipinski definition) is 1. The second-order valence-electron chi connectivity index (χ2n) is 5.71. The fraction of sp³-hybridized carbons (Fsp3) is 0.625. The molecular formula is C16H24ClNO. The van der Waals surface area contributed by atoms with Gasteiger partial charge < -0.3 is 10.1 Å². The van der Waals surface area contributed by atoms with Crippen molar-refractivity contribution in [3.63, 3.8) is 0 Å².